The lowest BCUT2D eigenvalue weighted by atomic mass is 9.91. The van der Waals surface area contributed by atoms with E-state index in [0.29, 0.717) is 12.0 Å². The van der Waals surface area contributed by atoms with Gasteiger partial charge >= 0.3 is 0 Å². The van der Waals surface area contributed by atoms with E-state index in [2.05, 4.69) is 60.8 Å². The molecule has 0 amide bonds. The molecule has 2 aromatic rings. The minimum absolute atomic E-state index is 0.370. The summed E-state index contributed by atoms with van der Waals surface area (Å²) in [6.07, 6.45) is 3.75. The molecule has 0 spiro atoms. The largest absolute Gasteiger partial charge is 0.369 e. The van der Waals surface area contributed by atoms with Crippen molar-refractivity contribution >= 4 is 5.69 Å². The highest BCUT2D eigenvalue weighted by molar-refractivity contribution is 5.48. The van der Waals surface area contributed by atoms with E-state index in [1.165, 1.54) is 28.1 Å². The van der Waals surface area contributed by atoms with Crippen LogP contribution in [0, 0.1) is 26.3 Å². The third kappa shape index (κ3) is 2.95. The van der Waals surface area contributed by atoms with Gasteiger partial charge in [-0.1, -0.05) is 12.2 Å². The van der Waals surface area contributed by atoms with Gasteiger partial charge in [-0.25, -0.2) is 0 Å². The van der Waals surface area contributed by atoms with Gasteiger partial charge in [0.2, 0.25) is 0 Å². The number of anilines is 1. The molecule has 0 N–H and O–H groups in total. The molecule has 1 radical (unpaired) electrons. The zero-order chi connectivity index (χ0) is 17.6. The third-order valence-electron chi connectivity index (χ3n) is 5.47. The second-order valence-corrected chi connectivity index (χ2v) is 7.31. The van der Waals surface area contributed by atoms with Crippen LogP contribution in [0.3, 0.4) is 0 Å². The Morgan fingerprint density at radius 2 is 2.12 bits per heavy atom. The van der Waals surface area contributed by atoms with Gasteiger partial charge in [-0.2, -0.15) is 0 Å². The maximum Gasteiger partial charge on any atom is 0.0597 e. The summed E-state index contributed by atoms with van der Waals surface area (Å²) in [4.78, 5) is 13.7. The molecular weight excluding hydrogens is 308 g/mol. The lowest BCUT2D eigenvalue weighted by Crippen LogP contribution is -2.48. The molecule has 2 aliphatic heterocycles. The molecule has 25 heavy (non-hydrogen) atoms. The molecule has 4 heteroatoms. The van der Waals surface area contributed by atoms with Crippen molar-refractivity contribution in [3.63, 3.8) is 0 Å². The standard InChI is InChI=1S/C21H25N4/c1-14-8-16(3)23-20-13-24(17(4)21(14)20)10-15(2)18-11-25(12-18)19-6-5-7-22-9-19/h5-10,17-18H,2,11-13H2,1,3-4H3. The third-order valence-corrected chi connectivity index (χ3v) is 5.47. The van der Waals surface area contributed by atoms with Crippen LogP contribution in [-0.2, 0) is 6.54 Å². The van der Waals surface area contributed by atoms with Crippen LogP contribution < -0.4 is 4.90 Å². The fourth-order valence-corrected chi connectivity index (χ4v) is 4.03. The highest BCUT2D eigenvalue weighted by Crippen LogP contribution is 2.38. The molecule has 4 nitrogen and oxygen atoms in total. The van der Waals surface area contributed by atoms with Gasteiger partial charge in [0.1, 0.15) is 0 Å². The highest BCUT2D eigenvalue weighted by Gasteiger charge is 2.34. The van der Waals surface area contributed by atoms with Crippen molar-refractivity contribution in [2.24, 2.45) is 5.92 Å². The number of nitrogens with zero attached hydrogens (tertiary/aromatic N) is 4. The topological polar surface area (TPSA) is 32.3 Å². The maximum atomic E-state index is 4.75. The number of hydrogen-bond donors (Lipinski definition) is 0. The molecule has 1 unspecified atom stereocenters. The first kappa shape index (κ1) is 16.3. The van der Waals surface area contributed by atoms with Crippen LogP contribution in [0.1, 0.15) is 35.5 Å². The van der Waals surface area contributed by atoms with Crippen LogP contribution in [0.2, 0.25) is 0 Å². The van der Waals surface area contributed by atoms with Crippen molar-refractivity contribution in [3.8, 4) is 0 Å². The Kier molecular flexibility index (Phi) is 4.08. The SMILES string of the molecule is C=C([CH]N1Cc2nc(C)cc(C)c2C1C)C1CN(c2cccnc2)C1. The predicted octanol–water partition coefficient (Wildman–Crippen LogP) is 3.82. The van der Waals surface area contributed by atoms with Crippen LogP contribution in [-0.4, -0.2) is 28.0 Å². The molecule has 4 heterocycles. The zero-order valence-electron chi connectivity index (χ0n) is 15.2. The number of fused-ring (bicyclic) bond motifs is 1. The number of rotatable bonds is 4. The normalized spacial score (nSPS) is 20.4. The van der Waals surface area contributed by atoms with Crippen LogP contribution >= 0.6 is 0 Å². The molecule has 0 bridgehead atoms. The number of pyridine rings is 2. The Labute approximate surface area is 150 Å². The summed E-state index contributed by atoms with van der Waals surface area (Å²) in [6, 6.07) is 6.66. The molecule has 1 fully saturated rings. The summed E-state index contributed by atoms with van der Waals surface area (Å²) in [7, 11) is 0. The Balaban J connectivity index is 1.38. The number of aromatic nitrogens is 2. The van der Waals surface area contributed by atoms with Crippen LogP contribution in [0.5, 0.6) is 0 Å². The van der Waals surface area contributed by atoms with E-state index < -0.39 is 0 Å². The van der Waals surface area contributed by atoms with Crippen molar-refractivity contribution in [2.75, 3.05) is 18.0 Å². The molecule has 129 valence electrons. The monoisotopic (exact) mass is 333 g/mol. The van der Waals surface area contributed by atoms with Crippen molar-refractivity contribution < 1.29 is 0 Å². The molecule has 4 rings (SSSR count). The second-order valence-electron chi connectivity index (χ2n) is 7.31. The lowest BCUT2D eigenvalue weighted by molar-refractivity contribution is 0.283. The molecule has 2 aliphatic rings. The first-order chi connectivity index (χ1) is 12.0. The first-order valence-corrected chi connectivity index (χ1v) is 8.94. The van der Waals surface area contributed by atoms with E-state index in [1.807, 2.05) is 18.5 Å². The van der Waals surface area contributed by atoms with E-state index in [4.69, 9.17) is 4.98 Å². The Bertz CT molecular complexity index is 793. The zero-order valence-corrected chi connectivity index (χ0v) is 15.2. The van der Waals surface area contributed by atoms with Crippen molar-refractivity contribution in [3.05, 3.63) is 71.8 Å². The summed E-state index contributed by atoms with van der Waals surface area (Å²) < 4.78 is 0. The van der Waals surface area contributed by atoms with E-state index in [1.54, 1.807) is 0 Å². The van der Waals surface area contributed by atoms with Crippen LogP contribution in [0.15, 0.2) is 42.7 Å². The second kappa shape index (κ2) is 6.26. The van der Waals surface area contributed by atoms with E-state index in [0.717, 1.165) is 25.3 Å². The summed E-state index contributed by atoms with van der Waals surface area (Å²) in [5, 5.41) is 0. The summed E-state index contributed by atoms with van der Waals surface area (Å²) in [5.41, 5.74) is 7.48. The Morgan fingerprint density at radius 3 is 2.84 bits per heavy atom. The van der Waals surface area contributed by atoms with Crippen molar-refractivity contribution in [1.29, 1.82) is 0 Å². The molecule has 0 aliphatic carbocycles. The Morgan fingerprint density at radius 1 is 1.32 bits per heavy atom. The van der Waals surface area contributed by atoms with Gasteiger partial charge < -0.3 is 4.90 Å². The molecular formula is C21H25N4. The van der Waals surface area contributed by atoms with Gasteiger partial charge in [0.05, 0.1) is 24.1 Å². The molecule has 2 aromatic heterocycles. The predicted molar refractivity (Wildman–Crippen MR) is 101 cm³/mol. The van der Waals surface area contributed by atoms with Gasteiger partial charge in [-0.05, 0) is 50.1 Å². The molecule has 0 saturated carbocycles. The minimum Gasteiger partial charge on any atom is -0.369 e. The van der Waals surface area contributed by atoms with Crippen LogP contribution in [0.4, 0.5) is 5.69 Å². The van der Waals surface area contributed by atoms with Gasteiger partial charge in [-0.15, -0.1) is 0 Å². The van der Waals surface area contributed by atoms with Gasteiger partial charge in [0.25, 0.3) is 0 Å². The average molecular weight is 333 g/mol. The van der Waals surface area contributed by atoms with Gasteiger partial charge in [0, 0.05) is 43.5 Å². The number of aryl methyl sites for hydroxylation is 2. The fourth-order valence-electron chi connectivity index (χ4n) is 4.03. The maximum absolute atomic E-state index is 4.75. The first-order valence-electron chi connectivity index (χ1n) is 8.94. The van der Waals surface area contributed by atoms with E-state index in [-0.39, 0.29) is 0 Å². The van der Waals surface area contributed by atoms with Crippen molar-refractivity contribution in [2.45, 2.75) is 33.4 Å². The average Bonchev–Trinajstić information content (AvgIpc) is 2.82. The van der Waals surface area contributed by atoms with Crippen molar-refractivity contribution in [1.82, 2.24) is 14.9 Å². The molecule has 1 atom stereocenters. The number of hydrogen-bond acceptors (Lipinski definition) is 4. The lowest BCUT2D eigenvalue weighted by Gasteiger charge is -2.42. The quantitative estimate of drug-likeness (QED) is 0.851. The summed E-state index contributed by atoms with van der Waals surface area (Å²) in [6.45, 7) is 16.1. The summed E-state index contributed by atoms with van der Waals surface area (Å²) >= 11 is 0. The van der Waals surface area contributed by atoms with Gasteiger partial charge in [0.15, 0.2) is 0 Å². The summed E-state index contributed by atoms with van der Waals surface area (Å²) in [5.74, 6) is 0.520. The Hall–Kier alpha value is -2.20. The van der Waals surface area contributed by atoms with E-state index in [9.17, 15) is 0 Å². The minimum atomic E-state index is 0.370. The molecule has 0 aromatic carbocycles. The highest BCUT2D eigenvalue weighted by atomic mass is 15.2. The smallest absolute Gasteiger partial charge is 0.0597 e. The van der Waals surface area contributed by atoms with Gasteiger partial charge in [-0.3, -0.25) is 14.9 Å². The fraction of sp³-hybridized carbons (Fsp3) is 0.381. The van der Waals surface area contributed by atoms with E-state index >= 15 is 0 Å². The van der Waals surface area contributed by atoms with Crippen LogP contribution in [0.25, 0.3) is 0 Å². The molecule has 1 saturated heterocycles.